The van der Waals surface area contributed by atoms with Crippen molar-refractivity contribution < 1.29 is 28.7 Å². The first-order valence-corrected chi connectivity index (χ1v) is 27.5. The van der Waals surface area contributed by atoms with Crippen LogP contribution in [0.4, 0.5) is 0 Å². The molecule has 4 aromatic heterocycles. The number of aromatic nitrogens is 4. The summed E-state index contributed by atoms with van der Waals surface area (Å²) in [5.41, 5.74) is 8.68. The topological polar surface area (TPSA) is 163 Å². The Labute approximate surface area is 416 Å². The molecule has 0 radical (unpaired) electrons. The third-order valence-electron chi connectivity index (χ3n) is 15.7. The number of nitrogens with zero attached hydrogens (tertiary/aromatic N) is 2. The third-order valence-corrected chi connectivity index (χ3v) is 20.6. The molecule has 0 saturated heterocycles. The number of allylic oxidation sites excluding steroid dienone is 2. The maximum atomic E-state index is 13.3. The summed E-state index contributed by atoms with van der Waals surface area (Å²) in [5, 5.41) is 23.2. The van der Waals surface area contributed by atoms with Crippen LogP contribution in [-0.2, 0) is 4.43 Å². The number of hydrogen-bond donors (Lipinski definition) is 5. The Kier molecular flexibility index (Phi) is 9.45. The number of halogens is 2. The molecule has 2 unspecified atom stereocenters. The standard InChI is InChI=1S/C31H30ClN3O3Si.C25H16ClN3O3/c1-31(2,3)39(4,5)38-18-12-11-17(15-18)35-22-14-16(32)10-13-20(22)24-26-25(29(36)34-30(26)37)23-19-8-6-7-9-21(19)33-27(23)28(24)35;26-11-5-8-15-17(9-11)29(12-6-7-13(30)10-12)23-19(15)21-20(24(31)28-25(21)32)18-14-3-1-2-4-16(14)27-22(18)23/h6-14,17-18,33H,15H2,1-5H3,(H,34,36,37);1-9,12-13,27,30H,10H2,(H,28,31,32)/t17?,18-;12?,13-/m11/s1. The molecule has 4 aliphatic rings. The van der Waals surface area contributed by atoms with Crippen molar-refractivity contribution in [1.29, 1.82) is 0 Å². The summed E-state index contributed by atoms with van der Waals surface area (Å²) < 4.78 is 11.2. The average Bonchev–Trinajstić information content (AvgIpc) is 4.21. The monoisotopic (exact) mass is 996 g/mol. The van der Waals surface area contributed by atoms with Crippen molar-refractivity contribution >= 4 is 142 Å². The molecule has 6 aromatic carbocycles. The largest absolute Gasteiger partial charge is 0.410 e. The molecule has 71 heavy (non-hydrogen) atoms. The second-order valence-corrected chi connectivity index (χ2v) is 26.4. The Bertz CT molecular complexity index is 4170. The van der Waals surface area contributed by atoms with Gasteiger partial charge in [0.1, 0.15) is 0 Å². The van der Waals surface area contributed by atoms with Crippen molar-refractivity contribution in [3.8, 4) is 0 Å². The van der Waals surface area contributed by atoms with Gasteiger partial charge in [-0.25, -0.2) is 0 Å². The SMILES string of the molecule is CC(C)(C)[Si](C)(C)O[C@@H]1C=CC(n2c3cc(Cl)ccc3c3c4c(c5c6ccccc6[nH]c5c32)C(=O)NC4=O)C1.O=C1NC(=O)c2c1c1c3ccccc3[nH]c1c1c2c2ccc(Cl)cc2n1C1C=C[C@@H](O)C1. The average molecular weight is 998 g/mol. The lowest BCUT2D eigenvalue weighted by atomic mass is 9.96. The van der Waals surface area contributed by atoms with Crippen LogP contribution in [0.25, 0.3) is 87.2 Å². The number of benzene rings is 6. The summed E-state index contributed by atoms with van der Waals surface area (Å²) in [6.07, 6.45) is 8.93. The fourth-order valence-electron chi connectivity index (χ4n) is 11.6. The summed E-state index contributed by atoms with van der Waals surface area (Å²) in [7, 11) is -1.98. The van der Waals surface area contributed by atoms with Gasteiger partial charge in [0, 0.05) is 77.0 Å². The predicted molar refractivity (Wildman–Crippen MR) is 285 cm³/mol. The molecule has 354 valence electrons. The van der Waals surface area contributed by atoms with E-state index in [4.69, 9.17) is 27.6 Å². The summed E-state index contributed by atoms with van der Waals surface area (Å²) in [5.74, 6) is -1.49. The highest BCUT2D eigenvalue weighted by atomic mass is 35.5. The zero-order valence-corrected chi connectivity index (χ0v) is 41.8. The van der Waals surface area contributed by atoms with Crippen molar-refractivity contribution in [3.63, 3.8) is 0 Å². The third kappa shape index (κ3) is 6.29. The Morgan fingerprint density at radius 3 is 1.46 bits per heavy atom. The number of imide groups is 2. The Hall–Kier alpha value is -7.00. The predicted octanol–water partition coefficient (Wildman–Crippen LogP) is 12.7. The van der Waals surface area contributed by atoms with E-state index < -0.39 is 20.3 Å². The van der Waals surface area contributed by atoms with Crippen LogP contribution in [0.1, 0.15) is 87.1 Å². The Balaban J connectivity index is 0.000000141. The van der Waals surface area contributed by atoms with E-state index in [0.29, 0.717) is 38.7 Å². The van der Waals surface area contributed by atoms with Crippen LogP contribution in [0.15, 0.2) is 109 Å². The number of rotatable bonds is 4. The van der Waals surface area contributed by atoms with Crippen molar-refractivity contribution in [1.82, 2.24) is 29.7 Å². The van der Waals surface area contributed by atoms with Crippen LogP contribution in [0.2, 0.25) is 28.2 Å². The molecule has 6 heterocycles. The number of aromatic amines is 2. The number of hydrogen-bond acceptors (Lipinski definition) is 6. The zero-order chi connectivity index (χ0) is 49.2. The molecule has 12 nitrogen and oxygen atoms in total. The minimum Gasteiger partial charge on any atom is -0.410 e. The van der Waals surface area contributed by atoms with Gasteiger partial charge in [-0.1, -0.05) is 117 Å². The normalized spacial score (nSPS) is 20.0. The highest BCUT2D eigenvalue weighted by molar-refractivity contribution is 6.74. The summed E-state index contributed by atoms with van der Waals surface area (Å²) in [6.45, 7) is 11.3. The number of fused-ring (bicyclic) bond motifs is 20. The maximum Gasteiger partial charge on any atom is 0.259 e. The number of aliphatic hydroxyl groups is 1. The highest BCUT2D eigenvalue weighted by Gasteiger charge is 2.42. The molecule has 15 heteroatoms. The number of carbonyl (C=O) groups excluding carboxylic acids is 4. The Morgan fingerprint density at radius 2 is 1.01 bits per heavy atom. The highest BCUT2D eigenvalue weighted by Crippen LogP contribution is 2.49. The number of H-pyrrole nitrogens is 2. The minimum absolute atomic E-state index is 0.0000781. The van der Waals surface area contributed by atoms with Gasteiger partial charge < -0.3 is 28.6 Å². The van der Waals surface area contributed by atoms with Crippen LogP contribution < -0.4 is 10.6 Å². The van der Waals surface area contributed by atoms with Crippen LogP contribution >= 0.6 is 23.2 Å². The van der Waals surface area contributed by atoms with Crippen LogP contribution in [0.3, 0.4) is 0 Å². The number of aliphatic hydroxyl groups excluding tert-OH is 1. The molecule has 2 aliphatic heterocycles. The lowest BCUT2D eigenvalue weighted by molar-refractivity contribution is 0.0864. The lowest BCUT2D eigenvalue weighted by Crippen LogP contribution is -2.43. The molecule has 14 rings (SSSR count). The van der Waals surface area contributed by atoms with Crippen LogP contribution in [0, 0.1) is 0 Å². The molecule has 4 amide bonds. The number of carbonyl (C=O) groups is 4. The quantitative estimate of drug-likeness (QED) is 0.0669. The van der Waals surface area contributed by atoms with E-state index >= 15 is 0 Å². The van der Waals surface area contributed by atoms with Crippen LogP contribution in [0.5, 0.6) is 0 Å². The first kappa shape index (κ1) is 44.0. The summed E-state index contributed by atoms with van der Waals surface area (Å²) >= 11 is 12.9. The van der Waals surface area contributed by atoms with Gasteiger partial charge in [0.05, 0.1) is 79.6 Å². The number of amides is 4. The van der Waals surface area contributed by atoms with E-state index in [2.05, 4.69) is 75.8 Å². The van der Waals surface area contributed by atoms with Gasteiger partial charge in [-0.2, -0.15) is 0 Å². The van der Waals surface area contributed by atoms with Gasteiger partial charge in [0.2, 0.25) is 0 Å². The molecule has 0 saturated carbocycles. The van der Waals surface area contributed by atoms with E-state index in [1.54, 1.807) is 12.1 Å². The fraction of sp³-hybridized carbons (Fsp3) is 0.214. The second-order valence-electron chi connectivity index (χ2n) is 20.8. The van der Waals surface area contributed by atoms with E-state index in [9.17, 15) is 24.3 Å². The van der Waals surface area contributed by atoms with Crippen molar-refractivity contribution in [2.45, 2.75) is 76.0 Å². The van der Waals surface area contributed by atoms with E-state index in [0.717, 1.165) is 93.6 Å². The summed E-state index contributed by atoms with van der Waals surface area (Å²) in [4.78, 5) is 59.6. The Morgan fingerprint density at radius 1 is 0.577 bits per heavy atom. The van der Waals surface area contributed by atoms with E-state index in [-0.39, 0.29) is 40.9 Å². The molecule has 10 aromatic rings. The molecule has 4 atom stereocenters. The zero-order valence-electron chi connectivity index (χ0n) is 39.3. The summed E-state index contributed by atoms with van der Waals surface area (Å²) in [6, 6.07) is 26.9. The number of para-hydroxylation sites is 2. The molecule has 5 N–H and O–H groups in total. The van der Waals surface area contributed by atoms with Crippen molar-refractivity contribution in [3.05, 3.63) is 142 Å². The first-order chi connectivity index (χ1) is 34.0. The van der Waals surface area contributed by atoms with Gasteiger partial charge >= 0.3 is 0 Å². The van der Waals surface area contributed by atoms with Crippen LogP contribution in [-0.4, -0.2) is 68.4 Å². The van der Waals surface area contributed by atoms with Crippen molar-refractivity contribution in [2.75, 3.05) is 0 Å². The molecular formula is C56H46Cl2N6O6Si. The van der Waals surface area contributed by atoms with E-state index in [1.165, 1.54) is 0 Å². The maximum absolute atomic E-state index is 13.3. The molecule has 0 bridgehead atoms. The van der Waals surface area contributed by atoms with E-state index in [1.807, 2.05) is 84.9 Å². The lowest BCUT2D eigenvalue weighted by Gasteiger charge is -2.38. The second kappa shape index (κ2) is 15.3. The van der Waals surface area contributed by atoms with Gasteiger partial charge in [-0.3, -0.25) is 29.8 Å². The first-order valence-electron chi connectivity index (χ1n) is 23.8. The van der Waals surface area contributed by atoms with Crippen molar-refractivity contribution in [2.24, 2.45) is 0 Å². The molecule has 0 spiro atoms. The smallest absolute Gasteiger partial charge is 0.259 e. The minimum atomic E-state index is -1.98. The van der Waals surface area contributed by atoms with Gasteiger partial charge in [-0.05, 0) is 54.5 Å². The van der Waals surface area contributed by atoms with Gasteiger partial charge in [0.25, 0.3) is 23.6 Å². The van der Waals surface area contributed by atoms with Gasteiger partial charge in [-0.15, -0.1) is 0 Å². The molecule has 0 fully saturated rings. The molecule has 2 aliphatic carbocycles. The fourth-order valence-corrected chi connectivity index (χ4v) is 13.2. The number of nitrogens with one attached hydrogen (secondary N) is 4. The molecular weight excluding hydrogens is 952 g/mol. The van der Waals surface area contributed by atoms with Gasteiger partial charge in [0.15, 0.2) is 8.32 Å².